The summed E-state index contributed by atoms with van der Waals surface area (Å²) in [6, 6.07) is 4.23. The first-order valence-corrected chi connectivity index (χ1v) is 10.1. The van der Waals surface area contributed by atoms with Crippen LogP contribution in [0.25, 0.3) is 0 Å². The van der Waals surface area contributed by atoms with Gasteiger partial charge in [0.1, 0.15) is 23.3 Å². The number of thiophene rings is 1. The highest BCUT2D eigenvalue weighted by atomic mass is 32.1. The Labute approximate surface area is 177 Å². The van der Waals surface area contributed by atoms with Gasteiger partial charge in [-0.2, -0.15) is 0 Å². The lowest BCUT2D eigenvalue weighted by Crippen LogP contribution is -2.48. The van der Waals surface area contributed by atoms with Crippen LogP contribution in [0.2, 0.25) is 0 Å². The van der Waals surface area contributed by atoms with Gasteiger partial charge in [-0.3, -0.25) is 9.59 Å². The zero-order chi connectivity index (χ0) is 22.5. The van der Waals surface area contributed by atoms with Crippen molar-refractivity contribution in [3.63, 3.8) is 0 Å². The number of hydrogen-bond donors (Lipinski definition) is 2. The summed E-state index contributed by atoms with van der Waals surface area (Å²) in [5.41, 5.74) is -0.597. The second-order valence-corrected chi connectivity index (χ2v) is 8.71. The molecule has 0 aliphatic carbocycles. The van der Waals surface area contributed by atoms with Crippen LogP contribution in [0, 0.1) is 11.6 Å². The minimum atomic E-state index is -1.02. The maximum Gasteiger partial charge on any atom is 0.334 e. The van der Waals surface area contributed by atoms with E-state index in [1.807, 2.05) is 0 Å². The highest BCUT2D eigenvalue weighted by Crippen LogP contribution is 2.23. The smallest absolute Gasteiger partial charge is 0.334 e. The second kappa shape index (κ2) is 9.80. The molecule has 0 aliphatic heterocycles. The van der Waals surface area contributed by atoms with Crippen LogP contribution >= 0.6 is 11.3 Å². The third-order valence-corrected chi connectivity index (χ3v) is 4.75. The first-order valence-electron chi connectivity index (χ1n) is 9.25. The molecule has 1 aromatic carbocycles. The quantitative estimate of drug-likeness (QED) is 0.650. The van der Waals surface area contributed by atoms with E-state index in [-0.39, 0.29) is 12.0 Å². The largest absolute Gasteiger partial charge is 0.458 e. The van der Waals surface area contributed by atoms with Crippen LogP contribution in [0.4, 0.5) is 8.78 Å². The Kier molecular flexibility index (Phi) is 7.66. The van der Waals surface area contributed by atoms with Crippen molar-refractivity contribution in [3.8, 4) is 0 Å². The van der Waals surface area contributed by atoms with Crippen LogP contribution in [0.15, 0.2) is 35.7 Å². The number of hydrogen-bond acceptors (Lipinski definition) is 5. The molecule has 2 aromatic rings. The number of carbonyl (C=O) groups is 3. The molecule has 0 saturated heterocycles. The summed E-state index contributed by atoms with van der Waals surface area (Å²) in [4.78, 5) is 37.9. The van der Waals surface area contributed by atoms with Crippen molar-refractivity contribution in [2.24, 2.45) is 0 Å². The fourth-order valence-corrected chi connectivity index (χ4v) is 3.35. The molecule has 2 amide bonds. The van der Waals surface area contributed by atoms with Gasteiger partial charge in [0.2, 0.25) is 11.8 Å². The summed E-state index contributed by atoms with van der Waals surface area (Å²) in [7, 11) is 0. The SMILES string of the molecule is C[C@H](NC(=O)Cc1cc(F)cc(F)c1)C(=O)N[C@@H](C(=O)OC(C)(C)C)c1cccs1. The number of benzene rings is 1. The third-order valence-electron chi connectivity index (χ3n) is 3.81. The number of carbonyl (C=O) groups excluding carboxylic acids is 3. The average Bonchev–Trinajstić information content (AvgIpc) is 3.10. The Morgan fingerprint density at radius 1 is 1.10 bits per heavy atom. The van der Waals surface area contributed by atoms with E-state index in [0.717, 1.165) is 12.1 Å². The number of halogens is 2. The van der Waals surface area contributed by atoms with E-state index in [4.69, 9.17) is 4.74 Å². The molecule has 2 N–H and O–H groups in total. The first kappa shape index (κ1) is 23.5. The van der Waals surface area contributed by atoms with E-state index >= 15 is 0 Å². The van der Waals surface area contributed by atoms with E-state index in [9.17, 15) is 23.2 Å². The minimum absolute atomic E-state index is 0.142. The Morgan fingerprint density at radius 3 is 2.27 bits per heavy atom. The van der Waals surface area contributed by atoms with E-state index in [1.54, 1.807) is 38.3 Å². The Hall–Kier alpha value is -2.81. The van der Waals surface area contributed by atoms with E-state index < -0.39 is 47.1 Å². The number of esters is 1. The Morgan fingerprint density at radius 2 is 1.73 bits per heavy atom. The summed E-state index contributed by atoms with van der Waals surface area (Å²) in [6.07, 6.45) is -0.299. The monoisotopic (exact) mass is 438 g/mol. The normalized spacial score (nSPS) is 13.3. The molecule has 9 heteroatoms. The summed E-state index contributed by atoms with van der Waals surface area (Å²) in [6.45, 7) is 6.60. The molecule has 0 bridgehead atoms. The van der Waals surface area contributed by atoms with Crippen LogP contribution in [0.5, 0.6) is 0 Å². The molecule has 6 nitrogen and oxygen atoms in total. The first-order chi connectivity index (χ1) is 13.9. The highest BCUT2D eigenvalue weighted by Gasteiger charge is 2.30. The maximum atomic E-state index is 13.3. The van der Waals surface area contributed by atoms with Gasteiger partial charge in [0.25, 0.3) is 0 Å². The molecular weight excluding hydrogens is 414 g/mol. The van der Waals surface area contributed by atoms with Crippen molar-refractivity contribution in [2.45, 2.75) is 51.8 Å². The minimum Gasteiger partial charge on any atom is -0.458 e. The topological polar surface area (TPSA) is 84.5 Å². The van der Waals surface area contributed by atoms with Crippen LogP contribution in [0.1, 0.15) is 44.2 Å². The van der Waals surface area contributed by atoms with Crippen LogP contribution in [0.3, 0.4) is 0 Å². The molecule has 1 heterocycles. The molecule has 2 rings (SSSR count). The molecule has 0 spiro atoms. The van der Waals surface area contributed by atoms with Gasteiger partial charge in [0, 0.05) is 10.9 Å². The molecular formula is C21H24F2N2O4S. The molecule has 0 aliphatic rings. The van der Waals surface area contributed by atoms with Crippen molar-refractivity contribution in [1.29, 1.82) is 0 Å². The van der Waals surface area contributed by atoms with Crippen LogP contribution in [-0.2, 0) is 25.5 Å². The fourth-order valence-electron chi connectivity index (χ4n) is 2.59. The lowest BCUT2D eigenvalue weighted by molar-refractivity contribution is -0.158. The van der Waals surface area contributed by atoms with Crippen molar-refractivity contribution in [1.82, 2.24) is 10.6 Å². The van der Waals surface area contributed by atoms with Crippen molar-refractivity contribution >= 4 is 29.1 Å². The van der Waals surface area contributed by atoms with Crippen molar-refractivity contribution in [2.75, 3.05) is 0 Å². The Balaban J connectivity index is 2.02. The van der Waals surface area contributed by atoms with Gasteiger partial charge in [-0.1, -0.05) is 6.07 Å². The molecule has 1 aromatic heterocycles. The summed E-state index contributed by atoms with van der Waals surface area (Å²) < 4.78 is 31.9. The van der Waals surface area contributed by atoms with E-state index in [1.165, 1.54) is 18.3 Å². The third kappa shape index (κ3) is 7.22. The standard InChI is InChI=1S/C21H24F2N2O4S/c1-12(24-17(26)10-13-8-14(22)11-15(23)9-13)19(27)25-18(16-6-5-7-30-16)20(28)29-21(2,3)4/h5-9,11-12,18H,10H2,1-4H3,(H,24,26)(H,25,27)/t12-,18+/m0/s1. The van der Waals surface area contributed by atoms with E-state index in [0.29, 0.717) is 10.9 Å². The second-order valence-electron chi connectivity index (χ2n) is 7.73. The van der Waals surface area contributed by atoms with Crippen molar-refractivity contribution < 1.29 is 27.9 Å². The lowest BCUT2D eigenvalue weighted by atomic mass is 10.1. The summed E-state index contributed by atoms with van der Waals surface area (Å²) in [5.74, 6) is -3.39. The number of ether oxygens (including phenoxy) is 1. The van der Waals surface area contributed by atoms with Gasteiger partial charge in [0.15, 0.2) is 6.04 Å². The van der Waals surface area contributed by atoms with Gasteiger partial charge < -0.3 is 15.4 Å². The van der Waals surface area contributed by atoms with Gasteiger partial charge in [0.05, 0.1) is 6.42 Å². The average molecular weight is 438 g/mol. The molecule has 0 fully saturated rings. The van der Waals surface area contributed by atoms with Gasteiger partial charge in [-0.05, 0) is 56.8 Å². The maximum absolute atomic E-state index is 13.3. The zero-order valence-corrected chi connectivity index (χ0v) is 17.9. The van der Waals surface area contributed by atoms with Gasteiger partial charge in [-0.25, -0.2) is 13.6 Å². The number of rotatable bonds is 7. The summed E-state index contributed by atoms with van der Waals surface area (Å²) >= 11 is 1.28. The number of nitrogens with one attached hydrogen (secondary N) is 2. The van der Waals surface area contributed by atoms with Crippen molar-refractivity contribution in [3.05, 3.63) is 57.8 Å². The molecule has 0 unspecified atom stereocenters. The lowest BCUT2D eigenvalue weighted by Gasteiger charge is -2.25. The molecule has 162 valence electrons. The fraction of sp³-hybridized carbons (Fsp3) is 0.381. The highest BCUT2D eigenvalue weighted by molar-refractivity contribution is 7.10. The predicted octanol–water partition coefficient (Wildman–Crippen LogP) is 3.27. The molecule has 2 atom stereocenters. The van der Waals surface area contributed by atoms with Gasteiger partial charge >= 0.3 is 5.97 Å². The molecule has 30 heavy (non-hydrogen) atoms. The molecule has 0 radical (unpaired) electrons. The Bertz CT molecular complexity index is 890. The van der Waals surface area contributed by atoms with E-state index in [2.05, 4.69) is 10.6 Å². The summed E-state index contributed by atoms with van der Waals surface area (Å²) in [5, 5.41) is 6.82. The number of amides is 2. The molecule has 0 saturated carbocycles. The van der Waals surface area contributed by atoms with Crippen LogP contribution < -0.4 is 10.6 Å². The van der Waals surface area contributed by atoms with Crippen LogP contribution in [-0.4, -0.2) is 29.4 Å². The van der Waals surface area contributed by atoms with Gasteiger partial charge in [-0.15, -0.1) is 11.3 Å². The predicted molar refractivity (Wildman–Crippen MR) is 109 cm³/mol. The zero-order valence-electron chi connectivity index (χ0n) is 17.1.